The molecular formula is C16H26N2. The second-order valence-corrected chi connectivity index (χ2v) is 6.79. The molecule has 1 aromatic rings. The highest BCUT2D eigenvalue weighted by Gasteiger charge is 2.41. The Morgan fingerprint density at radius 1 is 1.28 bits per heavy atom. The maximum Gasteiger partial charge on any atom is 0.125 e. The van der Waals surface area contributed by atoms with Gasteiger partial charge in [0.25, 0.3) is 0 Å². The molecule has 0 atom stereocenters. The molecule has 1 aliphatic rings. The van der Waals surface area contributed by atoms with Crippen molar-refractivity contribution in [2.24, 2.45) is 5.41 Å². The number of hydrogen-bond donors (Lipinski definition) is 1. The Balaban J connectivity index is 1.91. The average Bonchev–Trinajstić information content (AvgIpc) is 3.07. The molecule has 0 spiro atoms. The van der Waals surface area contributed by atoms with Crippen molar-refractivity contribution in [2.45, 2.75) is 58.8 Å². The molecule has 100 valence electrons. The highest BCUT2D eigenvalue weighted by atomic mass is 15.0. The van der Waals surface area contributed by atoms with E-state index in [4.69, 9.17) is 0 Å². The molecule has 0 saturated heterocycles. The number of hydrogen-bond acceptors (Lipinski definition) is 2. The molecule has 1 aliphatic carbocycles. The van der Waals surface area contributed by atoms with Crippen LogP contribution in [0.4, 0.5) is 5.82 Å². The zero-order valence-electron chi connectivity index (χ0n) is 12.2. The Kier molecular flexibility index (Phi) is 3.65. The van der Waals surface area contributed by atoms with Gasteiger partial charge in [-0.05, 0) is 41.7 Å². The van der Waals surface area contributed by atoms with Gasteiger partial charge < -0.3 is 5.32 Å². The normalized spacial score (nSPS) is 17.6. The first-order chi connectivity index (χ1) is 8.45. The van der Waals surface area contributed by atoms with Crippen molar-refractivity contribution >= 4 is 5.82 Å². The minimum atomic E-state index is 0.186. The van der Waals surface area contributed by atoms with Crippen LogP contribution in [0.1, 0.15) is 58.9 Å². The molecule has 1 aromatic heterocycles. The first kappa shape index (κ1) is 13.4. The van der Waals surface area contributed by atoms with E-state index in [0.717, 1.165) is 12.4 Å². The summed E-state index contributed by atoms with van der Waals surface area (Å²) >= 11 is 0. The molecule has 0 unspecified atom stereocenters. The van der Waals surface area contributed by atoms with E-state index in [1.807, 2.05) is 6.20 Å². The van der Waals surface area contributed by atoms with Crippen LogP contribution < -0.4 is 5.32 Å². The van der Waals surface area contributed by atoms with Gasteiger partial charge in [-0.3, -0.25) is 0 Å². The van der Waals surface area contributed by atoms with Gasteiger partial charge in [0, 0.05) is 12.7 Å². The van der Waals surface area contributed by atoms with Crippen LogP contribution in [0.15, 0.2) is 18.3 Å². The van der Waals surface area contributed by atoms with Crippen LogP contribution in [0.25, 0.3) is 0 Å². The molecule has 1 heterocycles. The number of aromatic nitrogens is 1. The third kappa shape index (κ3) is 3.24. The maximum absolute atomic E-state index is 4.53. The Hall–Kier alpha value is -1.05. The Labute approximate surface area is 111 Å². The van der Waals surface area contributed by atoms with Crippen LogP contribution in [0.5, 0.6) is 0 Å². The Bertz CT molecular complexity index is 383. The molecule has 18 heavy (non-hydrogen) atoms. The largest absolute Gasteiger partial charge is 0.370 e. The zero-order valence-corrected chi connectivity index (χ0v) is 12.2. The van der Waals surface area contributed by atoms with Crippen molar-refractivity contribution in [1.82, 2.24) is 4.98 Å². The predicted molar refractivity (Wildman–Crippen MR) is 78.0 cm³/mol. The number of nitrogens with zero attached hydrogens (tertiary/aromatic N) is 1. The van der Waals surface area contributed by atoms with Crippen molar-refractivity contribution in [1.29, 1.82) is 0 Å². The molecular weight excluding hydrogens is 220 g/mol. The third-order valence-corrected chi connectivity index (χ3v) is 4.01. The first-order valence-electron chi connectivity index (χ1n) is 7.16. The monoisotopic (exact) mass is 246 g/mol. The summed E-state index contributed by atoms with van der Waals surface area (Å²) in [5.41, 5.74) is 2.06. The van der Waals surface area contributed by atoms with Crippen molar-refractivity contribution < 1.29 is 0 Å². The van der Waals surface area contributed by atoms with E-state index in [-0.39, 0.29) is 5.41 Å². The highest BCUT2D eigenvalue weighted by Crippen LogP contribution is 2.49. The van der Waals surface area contributed by atoms with E-state index in [9.17, 15) is 0 Å². The topological polar surface area (TPSA) is 24.9 Å². The van der Waals surface area contributed by atoms with Crippen LogP contribution in [-0.4, -0.2) is 11.5 Å². The Morgan fingerprint density at radius 2 is 2.00 bits per heavy atom. The van der Waals surface area contributed by atoms with Gasteiger partial charge in [-0.15, -0.1) is 0 Å². The molecule has 1 fully saturated rings. The fourth-order valence-corrected chi connectivity index (χ4v) is 2.44. The maximum atomic E-state index is 4.53. The lowest BCUT2D eigenvalue weighted by atomic mass is 9.88. The second-order valence-electron chi connectivity index (χ2n) is 6.79. The van der Waals surface area contributed by atoms with Gasteiger partial charge in [0.2, 0.25) is 0 Å². The van der Waals surface area contributed by atoms with Crippen LogP contribution in [-0.2, 0) is 5.41 Å². The summed E-state index contributed by atoms with van der Waals surface area (Å²) in [6.45, 7) is 10.0. The summed E-state index contributed by atoms with van der Waals surface area (Å²) in [4.78, 5) is 4.53. The SMILES string of the molecule is CCCC1(CNc2ccc(C(C)(C)C)cn2)CC1. The molecule has 0 bridgehead atoms. The summed E-state index contributed by atoms with van der Waals surface area (Å²) in [5, 5.41) is 3.50. The van der Waals surface area contributed by atoms with Gasteiger partial charge in [-0.1, -0.05) is 40.2 Å². The fourth-order valence-electron chi connectivity index (χ4n) is 2.44. The molecule has 2 rings (SSSR count). The van der Waals surface area contributed by atoms with Crippen LogP contribution >= 0.6 is 0 Å². The summed E-state index contributed by atoms with van der Waals surface area (Å²) in [6.07, 6.45) is 7.40. The standard InChI is InChI=1S/C16H26N2/c1-5-8-16(9-10-16)12-18-14-7-6-13(11-17-14)15(2,3)4/h6-7,11H,5,8-10,12H2,1-4H3,(H,17,18). The average molecular weight is 246 g/mol. The lowest BCUT2D eigenvalue weighted by Crippen LogP contribution is -2.16. The van der Waals surface area contributed by atoms with E-state index in [1.54, 1.807) is 0 Å². The minimum absolute atomic E-state index is 0.186. The lowest BCUT2D eigenvalue weighted by Gasteiger charge is -2.19. The first-order valence-corrected chi connectivity index (χ1v) is 7.16. The summed E-state index contributed by atoms with van der Waals surface area (Å²) in [5.74, 6) is 1.02. The zero-order chi connectivity index (χ0) is 13.2. The van der Waals surface area contributed by atoms with E-state index in [0.29, 0.717) is 5.41 Å². The summed E-state index contributed by atoms with van der Waals surface area (Å²) in [6, 6.07) is 4.30. The second kappa shape index (κ2) is 4.91. The summed E-state index contributed by atoms with van der Waals surface area (Å²) in [7, 11) is 0. The quantitative estimate of drug-likeness (QED) is 0.834. The van der Waals surface area contributed by atoms with Gasteiger partial charge in [0.15, 0.2) is 0 Å². The minimum Gasteiger partial charge on any atom is -0.370 e. The van der Waals surface area contributed by atoms with E-state index >= 15 is 0 Å². The molecule has 2 heteroatoms. The van der Waals surface area contributed by atoms with E-state index in [1.165, 1.54) is 31.2 Å². The molecule has 1 N–H and O–H groups in total. The number of pyridine rings is 1. The number of nitrogens with one attached hydrogen (secondary N) is 1. The Morgan fingerprint density at radius 3 is 2.44 bits per heavy atom. The lowest BCUT2D eigenvalue weighted by molar-refractivity contribution is 0.485. The van der Waals surface area contributed by atoms with Gasteiger partial charge in [-0.25, -0.2) is 4.98 Å². The van der Waals surface area contributed by atoms with Crippen molar-refractivity contribution in [3.05, 3.63) is 23.9 Å². The van der Waals surface area contributed by atoms with E-state index in [2.05, 4.69) is 50.1 Å². The molecule has 1 saturated carbocycles. The van der Waals surface area contributed by atoms with Crippen LogP contribution in [0.2, 0.25) is 0 Å². The highest BCUT2D eigenvalue weighted by molar-refractivity contribution is 5.37. The predicted octanol–water partition coefficient (Wildman–Crippen LogP) is 4.37. The number of anilines is 1. The molecule has 2 nitrogen and oxygen atoms in total. The number of rotatable bonds is 5. The van der Waals surface area contributed by atoms with E-state index < -0.39 is 0 Å². The van der Waals surface area contributed by atoms with Crippen LogP contribution in [0, 0.1) is 5.41 Å². The van der Waals surface area contributed by atoms with Crippen molar-refractivity contribution in [2.75, 3.05) is 11.9 Å². The van der Waals surface area contributed by atoms with Crippen LogP contribution in [0.3, 0.4) is 0 Å². The molecule has 0 amide bonds. The summed E-state index contributed by atoms with van der Waals surface area (Å²) < 4.78 is 0. The van der Waals surface area contributed by atoms with Gasteiger partial charge in [0.05, 0.1) is 0 Å². The smallest absolute Gasteiger partial charge is 0.125 e. The molecule has 0 radical (unpaired) electrons. The van der Waals surface area contributed by atoms with Gasteiger partial charge in [-0.2, -0.15) is 0 Å². The van der Waals surface area contributed by atoms with Gasteiger partial charge in [0.1, 0.15) is 5.82 Å². The third-order valence-electron chi connectivity index (χ3n) is 4.01. The van der Waals surface area contributed by atoms with Crippen molar-refractivity contribution in [3.63, 3.8) is 0 Å². The van der Waals surface area contributed by atoms with Crippen molar-refractivity contribution in [3.8, 4) is 0 Å². The molecule has 0 aliphatic heterocycles. The van der Waals surface area contributed by atoms with Gasteiger partial charge >= 0.3 is 0 Å². The molecule has 0 aromatic carbocycles. The fraction of sp³-hybridized carbons (Fsp3) is 0.688.